The Bertz CT molecular complexity index is 749. The highest BCUT2D eigenvalue weighted by Gasteiger charge is 2.25. The first-order chi connectivity index (χ1) is 10.3. The van der Waals surface area contributed by atoms with E-state index in [0.29, 0.717) is 0 Å². The Kier molecular flexibility index (Phi) is 2.68. The van der Waals surface area contributed by atoms with E-state index < -0.39 is 0 Å². The van der Waals surface area contributed by atoms with E-state index in [9.17, 15) is 0 Å². The fraction of sp³-hybridized carbons (Fsp3) is 0.0526. The molecule has 0 spiro atoms. The predicted molar refractivity (Wildman–Crippen MR) is 85.9 cm³/mol. The minimum absolute atomic E-state index is 0.888. The molecule has 0 amide bonds. The number of ether oxygens (including phenoxy) is 1. The molecule has 0 unspecified atom stereocenters. The monoisotopic (exact) mass is 273 g/mol. The molecule has 3 aromatic carbocycles. The molecule has 2 heteroatoms. The van der Waals surface area contributed by atoms with Crippen LogP contribution in [0.25, 0.3) is 0 Å². The average molecular weight is 273 g/mol. The zero-order valence-electron chi connectivity index (χ0n) is 11.8. The van der Waals surface area contributed by atoms with Crippen molar-refractivity contribution in [2.24, 2.45) is 0 Å². The van der Waals surface area contributed by atoms with E-state index in [0.717, 1.165) is 22.9 Å². The first-order valence-corrected chi connectivity index (χ1v) is 7.06. The molecule has 0 aliphatic carbocycles. The molecule has 1 aliphatic rings. The molecule has 0 saturated heterocycles. The van der Waals surface area contributed by atoms with Gasteiger partial charge in [0.1, 0.15) is 0 Å². The molecule has 0 radical (unpaired) electrons. The van der Waals surface area contributed by atoms with Crippen molar-refractivity contribution >= 4 is 17.1 Å². The summed E-state index contributed by atoms with van der Waals surface area (Å²) in [6.07, 6.45) is 0. The predicted octanol–water partition coefficient (Wildman–Crippen LogP) is 5.57. The van der Waals surface area contributed by atoms with Crippen LogP contribution in [-0.4, -0.2) is 0 Å². The number of rotatable bonds is 1. The number of nitrogens with zero attached hydrogens (tertiary/aromatic N) is 1. The highest BCUT2D eigenvalue weighted by atomic mass is 16.5. The summed E-state index contributed by atoms with van der Waals surface area (Å²) in [5, 5.41) is 0. The van der Waals surface area contributed by atoms with E-state index in [2.05, 4.69) is 48.2 Å². The smallest absolute Gasteiger partial charge is 0.151 e. The van der Waals surface area contributed by atoms with Gasteiger partial charge in [-0.1, -0.05) is 42.5 Å². The van der Waals surface area contributed by atoms with Gasteiger partial charge < -0.3 is 9.64 Å². The fourth-order valence-corrected chi connectivity index (χ4v) is 2.78. The maximum Gasteiger partial charge on any atom is 0.151 e. The van der Waals surface area contributed by atoms with Gasteiger partial charge in [0.15, 0.2) is 11.5 Å². The minimum atomic E-state index is 0.888. The Morgan fingerprint density at radius 3 is 1.67 bits per heavy atom. The van der Waals surface area contributed by atoms with Crippen LogP contribution in [0.1, 0.15) is 5.56 Å². The Morgan fingerprint density at radius 1 is 0.619 bits per heavy atom. The van der Waals surface area contributed by atoms with E-state index in [1.165, 1.54) is 11.3 Å². The summed E-state index contributed by atoms with van der Waals surface area (Å²) in [5.41, 5.74) is 4.57. The van der Waals surface area contributed by atoms with Crippen LogP contribution >= 0.6 is 0 Å². The van der Waals surface area contributed by atoms with Crippen LogP contribution in [-0.2, 0) is 0 Å². The number of aryl methyl sites for hydroxylation is 1. The summed E-state index contributed by atoms with van der Waals surface area (Å²) in [6, 6.07) is 24.7. The Labute approximate surface area is 124 Å². The lowest BCUT2D eigenvalue weighted by Crippen LogP contribution is -2.16. The molecule has 0 saturated carbocycles. The van der Waals surface area contributed by atoms with Gasteiger partial charge in [-0.2, -0.15) is 0 Å². The van der Waals surface area contributed by atoms with Crippen LogP contribution in [0.5, 0.6) is 11.5 Å². The van der Waals surface area contributed by atoms with Crippen molar-refractivity contribution in [1.82, 2.24) is 0 Å². The molecule has 0 bridgehead atoms. The quantitative estimate of drug-likeness (QED) is 0.449. The molecule has 0 atom stereocenters. The van der Waals surface area contributed by atoms with Crippen molar-refractivity contribution in [2.75, 3.05) is 4.90 Å². The van der Waals surface area contributed by atoms with Gasteiger partial charge in [-0.05, 0) is 42.8 Å². The van der Waals surface area contributed by atoms with E-state index in [1.54, 1.807) is 0 Å². The lowest BCUT2D eigenvalue weighted by atomic mass is 10.1. The number of para-hydroxylation sites is 5. The summed E-state index contributed by atoms with van der Waals surface area (Å²) >= 11 is 0. The van der Waals surface area contributed by atoms with Gasteiger partial charge in [0, 0.05) is 5.69 Å². The van der Waals surface area contributed by atoms with Gasteiger partial charge in [-0.3, -0.25) is 0 Å². The molecule has 4 rings (SSSR count). The zero-order chi connectivity index (χ0) is 14.2. The van der Waals surface area contributed by atoms with E-state index in [1.807, 2.05) is 36.4 Å². The first-order valence-electron chi connectivity index (χ1n) is 7.06. The highest BCUT2D eigenvalue weighted by molar-refractivity contribution is 5.87. The second kappa shape index (κ2) is 4.67. The molecule has 102 valence electrons. The molecule has 1 aliphatic heterocycles. The largest absolute Gasteiger partial charge is 0.453 e. The summed E-state index contributed by atoms with van der Waals surface area (Å²) in [4.78, 5) is 2.27. The summed E-state index contributed by atoms with van der Waals surface area (Å²) in [6.45, 7) is 2.13. The number of fused-ring (bicyclic) bond motifs is 2. The Hall–Kier alpha value is -2.74. The molecular formula is C19H15NO. The summed E-state index contributed by atoms with van der Waals surface area (Å²) in [5.74, 6) is 1.78. The molecular weight excluding hydrogens is 258 g/mol. The lowest BCUT2D eigenvalue weighted by molar-refractivity contribution is 0.477. The van der Waals surface area contributed by atoms with Gasteiger partial charge in [0.05, 0.1) is 11.4 Å². The van der Waals surface area contributed by atoms with Gasteiger partial charge in [-0.15, -0.1) is 0 Å². The van der Waals surface area contributed by atoms with Crippen LogP contribution < -0.4 is 9.64 Å². The minimum Gasteiger partial charge on any atom is -0.453 e. The van der Waals surface area contributed by atoms with Crippen LogP contribution in [0.2, 0.25) is 0 Å². The van der Waals surface area contributed by atoms with Gasteiger partial charge in [-0.25, -0.2) is 0 Å². The van der Waals surface area contributed by atoms with Crippen LogP contribution in [0, 0.1) is 6.92 Å². The lowest BCUT2D eigenvalue weighted by Gasteiger charge is -2.33. The van der Waals surface area contributed by atoms with Crippen molar-refractivity contribution in [3.05, 3.63) is 78.4 Å². The van der Waals surface area contributed by atoms with Crippen molar-refractivity contribution in [3.8, 4) is 11.5 Å². The second-order valence-corrected chi connectivity index (χ2v) is 5.16. The van der Waals surface area contributed by atoms with Crippen LogP contribution in [0.15, 0.2) is 72.8 Å². The van der Waals surface area contributed by atoms with Gasteiger partial charge in [0.25, 0.3) is 0 Å². The van der Waals surface area contributed by atoms with Crippen molar-refractivity contribution in [3.63, 3.8) is 0 Å². The second-order valence-electron chi connectivity index (χ2n) is 5.16. The third-order valence-corrected chi connectivity index (χ3v) is 3.79. The molecule has 3 aromatic rings. The van der Waals surface area contributed by atoms with E-state index in [-0.39, 0.29) is 0 Å². The maximum absolute atomic E-state index is 6.03. The number of anilines is 3. The average Bonchev–Trinajstić information content (AvgIpc) is 2.53. The Morgan fingerprint density at radius 2 is 1.10 bits per heavy atom. The summed E-state index contributed by atoms with van der Waals surface area (Å²) < 4.78 is 6.03. The number of hydrogen-bond donors (Lipinski definition) is 0. The highest BCUT2D eigenvalue weighted by Crippen LogP contribution is 2.50. The molecule has 2 nitrogen and oxygen atoms in total. The SMILES string of the molecule is Cc1ccccc1N1c2ccccc2Oc2ccccc21. The van der Waals surface area contributed by atoms with Gasteiger partial charge in [0.2, 0.25) is 0 Å². The van der Waals surface area contributed by atoms with E-state index >= 15 is 0 Å². The van der Waals surface area contributed by atoms with Crippen molar-refractivity contribution < 1.29 is 4.74 Å². The third kappa shape index (κ3) is 1.88. The van der Waals surface area contributed by atoms with Crippen molar-refractivity contribution in [1.29, 1.82) is 0 Å². The van der Waals surface area contributed by atoms with E-state index in [4.69, 9.17) is 4.74 Å². The van der Waals surface area contributed by atoms with Crippen LogP contribution in [0.4, 0.5) is 17.1 Å². The molecule has 0 aromatic heterocycles. The maximum atomic E-state index is 6.03. The topological polar surface area (TPSA) is 12.5 Å². The Balaban J connectivity index is 2.00. The van der Waals surface area contributed by atoms with Crippen molar-refractivity contribution in [2.45, 2.75) is 6.92 Å². The van der Waals surface area contributed by atoms with Crippen LogP contribution in [0.3, 0.4) is 0 Å². The molecule has 0 fully saturated rings. The summed E-state index contributed by atoms with van der Waals surface area (Å²) in [7, 11) is 0. The number of benzene rings is 3. The normalized spacial score (nSPS) is 12.3. The first kappa shape index (κ1) is 12.0. The number of hydrogen-bond acceptors (Lipinski definition) is 2. The standard InChI is InChI=1S/C19H15NO/c1-14-8-2-3-9-15(14)20-16-10-4-6-12-18(16)21-19-13-7-5-11-17(19)20/h2-13H,1H3. The molecule has 21 heavy (non-hydrogen) atoms. The zero-order valence-corrected chi connectivity index (χ0v) is 11.8. The van der Waals surface area contributed by atoms with Gasteiger partial charge >= 0.3 is 0 Å². The molecule has 1 heterocycles. The molecule has 0 N–H and O–H groups in total. The third-order valence-electron chi connectivity index (χ3n) is 3.79. The fourth-order valence-electron chi connectivity index (χ4n) is 2.78.